The van der Waals surface area contributed by atoms with Crippen molar-refractivity contribution in [1.29, 1.82) is 0 Å². The lowest BCUT2D eigenvalue weighted by atomic mass is 9.60. The Balaban J connectivity index is 1.12. The fourth-order valence-electron chi connectivity index (χ4n) is 10.3. The fourth-order valence-corrected chi connectivity index (χ4v) is 10.3. The molecule has 0 fully saturated rings. The first-order chi connectivity index (χ1) is 29.6. The molecule has 2 heterocycles. The van der Waals surface area contributed by atoms with E-state index in [2.05, 4.69) is 201 Å². The third kappa shape index (κ3) is 5.89. The van der Waals surface area contributed by atoms with Crippen molar-refractivity contribution in [2.24, 2.45) is 10.9 Å². The predicted octanol–water partition coefficient (Wildman–Crippen LogP) is 14.4. The minimum absolute atomic E-state index is 0.171. The molecule has 0 aromatic heterocycles. The number of hydrogen-bond acceptors (Lipinski definition) is 2. The molecule has 0 bridgehead atoms. The van der Waals surface area contributed by atoms with Crippen molar-refractivity contribution in [2.75, 3.05) is 0 Å². The molecule has 3 atom stereocenters. The van der Waals surface area contributed by atoms with Crippen LogP contribution in [0.2, 0.25) is 0 Å². The molecule has 2 nitrogen and oxygen atoms in total. The predicted molar refractivity (Wildman–Crippen MR) is 249 cm³/mol. The van der Waals surface area contributed by atoms with Crippen LogP contribution >= 0.6 is 0 Å². The highest BCUT2D eigenvalue weighted by molar-refractivity contribution is 6.14. The molecule has 2 aliphatic heterocycles. The van der Waals surface area contributed by atoms with Crippen LogP contribution in [0.4, 0.5) is 0 Å². The third-order valence-electron chi connectivity index (χ3n) is 13.0. The number of allylic oxidation sites excluding steroid dienone is 10. The standard InChI is InChI=1S/C58H45NO/c1-38-28-33-53-56(34-38)60-55-27-14-13-26-52(55)58(53,45-19-7-4-8-20-45)51-25-12-11-22-50(51)49-24-15-23-47(49)44-35-39(2)57(41-17-5-3-6-18-41)59-54(37-44)43-31-32-48-42(36-43)30-29-40-16-9-10-21-46(40)48/h3-23,25-33,36-38,57H,2,24,34-35H2,1H3. The Morgan fingerprint density at radius 1 is 0.683 bits per heavy atom. The van der Waals surface area contributed by atoms with Crippen molar-refractivity contribution < 1.29 is 4.74 Å². The third-order valence-corrected chi connectivity index (χ3v) is 13.0. The summed E-state index contributed by atoms with van der Waals surface area (Å²) in [6.45, 7) is 7.03. The first-order valence-electron chi connectivity index (χ1n) is 21.2. The lowest BCUT2D eigenvalue weighted by Crippen LogP contribution is -2.38. The minimum Gasteiger partial charge on any atom is -0.461 e. The molecule has 7 aromatic rings. The van der Waals surface area contributed by atoms with Crippen molar-refractivity contribution in [3.63, 3.8) is 0 Å². The summed E-state index contributed by atoms with van der Waals surface area (Å²) < 4.78 is 6.83. The van der Waals surface area contributed by atoms with E-state index in [1.165, 1.54) is 66.1 Å². The molecule has 0 saturated carbocycles. The van der Waals surface area contributed by atoms with Gasteiger partial charge in [-0.1, -0.05) is 189 Å². The van der Waals surface area contributed by atoms with Crippen LogP contribution in [0.25, 0.3) is 27.1 Å². The van der Waals surface area contributed by atoms with Crippen LogP contribution in [0.15, 0.2) is 234 Å². The number of ether oxygens (including phenoxy) is 1. The van der Waals surface area contributed by atoms with E-state index in [1.54, 1.807) is 0 Å². The summed E-state index contributed by atoms with van der Waals surface area (Å²) in [7, 11) is 0. The van der Waals surface area contributed by atoms with Gasteiger partial charge in [0, 0.05) is 23.1 Å². The molecule has 4 aliphatic rings. The quantitative estimate of drug-likeness (QED) is 0.122. The molecule has 0 radical (unpaired) electrons. The summed E-state index contributed by atoms with van der Waals surface area (Å²) in [5.74, 6) is 2.37. The van der Waals surface area contributed by atoms with E-state index in [-0.39, 0.29) is 6.04 Å². The SMILES string of the molecule is C=C1CC(C2=C(c3ccccc3C3(c4ccccc4)C4=C(CC(C)C=C4)Oc4ccccc43)CC=C2)=CC(c2ccc3c(ccc4ccccc43)c2)=NC1c1ccccc1. The largest absolute Gasteiger partial charge is 0.461 e. The van der Waals surface area contributed by atoms with Crippen molar-refractivity contribution in [1.82, 2.24) is 0 Å². The molecule has 2 aliphatic carbocycles. The molecule has 0 amide bonds. The molecule has 0 N–H and O–H groups in total. The van der Waals surface area contributed by atoms with Gasteiger partial charge in [0.25, 0.3) is 0 Å². The van der Waals surface area contributed by atoms with Crippen molar-refractivity contribution in [3.05, 3.63) is 262 Å². The molecule has 7 aromatic carbocycles. The number of fused-ring (bicyclic) bond motifs is 4. The zero-order valence-corrected chi connectivity index (χ0v) is 33.8. The zero-order valence-electron chi connectivity index (χ0n) is 33.8. The van der Waals surface area contributed by atoms with E-state index in [1.807, 2.05) is 0 Å². The number of benzene rings is 7. The number of nitrogens with zero attached hydrogens (tertiary/aromatic N) is 1. The van der Waals surface area contributed by atoms with Gasteiger partial charge in [-0.15, -0.1) is 0 Å². The van der Waals surface area contributed by atoms with Gasteiger partial charge in [0.1, 0.15) is 11.5 Å². The van der Waals surface area contributed by atoms with Crippen LogP contribution < -0.4 is 4.74 Å². The second-order valence-corrected chi connectivity index (χ2v) is 16.7. The highest BCUT2D eigenvalue weighted by Crippen LogP contribution is 2.56. The van der Waals surface area contributed by atoms with Crippen LogP contribution in [0.1, 0.15) is 65.6 Å². The van der Waals surface area contributed by atoms with Crippen molar-refractivity contribution >= 4 is 32.8 Å². The van der Waals surface area contributed by atoms with Gasteiger partial charge in [-0.05, 0) is 103 Å². The summed E-state index contributed by atoms with van der Waals surface area (Å²) in [6.07, 6.45) is 14.1. The zero-order chi connectivity index (χ0) is 40.2. The van der Waals surface area contributed by atoms with Crippen molar-refractivity contribution in [3.8, 4) is 5.75 Å². The Kier molecular flexibility index (Phi) is 8.82. The molecule has 2 heteroatoms. The van der Waals surface area contributed by atoms with E-state index in [0.29, 0.717) is 12.3 Å². The molecular weight excluding hydrogens is 727 g/mol. The van der Waals surface area contributed by atoms with Gasteiger partial charge in [0.2, 0.25) is 0 Å². The topological polar surface area (TPSA) is 21.6 Å². The van der Waals surface area contributed by atoms with E-state index in [4.69, 9.17) is 16.3 Å². The van der Waals surface area contributed by atoms with Gasteiger partial charge >= 0.3 is 0 Å². The molecular formula is C58H45NO. The lowest BCUT2D eigenvalue weighted by molar-refractivity contribution is 0.347. The van der Waals surface area contributed by atoms with Gasteiger partial charge < -0.3 is 4.74 Å². The highest BCUT2D eigenvalue weighted by atomic mass is 16.5. The highest BCUT2D eigenvalue weighted by Gasteiger charge is 2.48. The Hall–Kier alpha value is -7.03. The normalized spacial score (nSPS) is 21.1. The average molecular weight is 772 g/mol. The lowest BCUT2D eigenvalue weighted by Gasteiger charge is -2.44. The number of hydrogen-bond donors (Lipinski definition) is 0. The van der Waals surface area contributed by atoms with Crippen LogP contribution in [0, 0.1) is 5.92 Å². The Bertz CT molecular complexity index is 3060. The smallest absolute Gasteiger partial charge is 0.131 e. The molecule has 288 valence electrons. The monoisotopic (exact) mass is 771 g/mol. The average Bonchev–Trinajstić information content (AvgIpc) is 3.72. The molecule has 11 rings (SSSR count). The number of rotatable bonds is 6. The number of para-hydroxylation sites is 1. The van der Waals surface area contributed by atoms with E-state index < -0.39 is 5.41 Å². The van der Waals surface area contributed by atoms with Crippen LogP contribution in [-0.2, 0) is 5.41 Å². The summed E-state index contributed by atoms with van der Waals surface area (Å²) in [5, 5.41) is 4.98. The molecule has 0 saturated heterocycles. The Morgan fingerprint density at radius 3 is 2.27 bits per heavy atom. The first-order valence-corrected chi connectivity index (χ1v) is 21.2. The van der Waals surface area contributed by atoms with Crippen LogP contribution in [0.5, 0.6) is 5.75 Å². The maximum atomic E-state index is 6.83. The summed E-state index contributed by atoms with van der Waals surface area (Å²) >= 11 is 0. The maximum Gasteiger partial charge on any atom is 0.131 e. The van der Waals surface area contributed by atoms with Gasteiger partial charge in [-0.2, -0.15) is 0 Å². The van der Waals surface area contributed by atoms with E-state index in [9.17, 15) is 0 Å². The van der Waals surface area contributed by atoms with Crippen molar-refractivity contribution in [2.45, 2.75) is 37.6 Å². The maximum absolute atomic E-state index is 6.83. The van der Waals surface area contributed by atoms with Crippen LogP contribution in [-0.4, -0.2) is 5.71 Å². The molecule has 60 heavy (non-hydrogen) atoms. The van der Waals surface area contributed by atoms with Gasteiger partial charge in [-0.3, -0.25) is 4.99 Å². The number of aliphatic imine (C=N–C) groups is 1. The van der Waals surface area contributed by atoms with Gasteiger partial charge in [0.15, 0.2) is 0 Å². The van der Waals surface area contributed by atoms with Gasteiger partial charge in [0.05, 0.1) is 17.2 Å². The van der Waals surface area contributed by atoms with Crippen LogP contribution in [0.3, 0.4) is 0 Å². The van der Waals surface area contributed by atoms with Gasteiger partial charge in [-0.25, -0.2) is 0 Å². The second kappa shape index (κ2) is 14.7. The molecule has 3 unspecified atom stereocenters. The van der Waals surface area contributed by atoms with E-state index >= 15 is 0 Å². The second-order valence-electron chi connectivity index (χ2n) is 16.7. The summed E-state index contributed by atoms with van der Waals surface area (Å²) in [5.41, 5.74) is 13.7. The minimum atomic E-state index is -0.596. The van der Waals surface area contributed by atoms with E-state index in [0.717, 1.165) is 46.8 Å². The first kappa shape index (κ1) is 36.1. The summed E-state index contributed by atoms with van der Waals surface area (Å²) in [6, 6.07) is 59.3. The molecule has 0 spiro atoms. The summed E-state index contributed by atoms with van der Waals surface area (Å²) in [4.78, 5) is 5.57. The fraction of sp³-hybridized carbons (Fsp3) is 0.121. The Labute approximate surface area is 352 Å². The Morgan fingerprint density at radius 2 is 1.40 bits per heavy atom.